The van der Waals surface area contributed by atoms with Crippen molar-refractivity contribution in [3.8, 4) is 0 Å². The van der Waals surface area contributed by atoms with Gasteiger partial charge in [-0.05, 0) is 26.3 Å². The van der Waals surface area contributed by atoms with E-state index in [-0.39, 0.29) is 0 Å². The van der Waals surface area contributed by atoms with Crippen LogP contribution in [0, 0.1) is 6.92 Å². The van der Waals surface area contributed by atoms with Crippen LogP contribution in [0.5, 0.6) is 0 Å². The van der Waals surface area contributed by atoms with E-state index in [2.05, 4.69) is 30.5 Å². The van der Waals surface area contributed by atoms with Gasteiger partial charge in [0.05, 0.1) is 19.3 Å². The Balaban J connectivity index is 2.10. The Morgan fingerprint density at radius 2 is 2.40 bits per heavy atom. The Bertz CT molecular complexity index is 273. The van der Waals surface area contributed by atoms with E-state index in [0.29, 0.717) is 6.04 Å². The Kier molecular flexibility index (Phi) is 5.36. The van der Waals surface area contributed by atoms with Crippen LogP contribution in [0.1, 0.15) is 19.4 Å². The number of nitrogens with zero attached hydrogens (tertiary/aromatic N) is 2. The van der Waals surface area contributed by atoms with Crippen LogP contribution in [0.2, 0.25) is 0 Å². The first-order chi connectivity index (χ1) is 7.22. The molecule has 0 saturated heterocycles. The minimum atomic E-state index is 0.404. The van der Waals surface area contributed by atoms with Crippen molar-refractivity contribution in [2.24, 2.45) is 0 Å². The molecular formula is C11H21N3O. The number of nitrogens with one attached hydrogen (secondary N) is 1. The molecule has 15 heavy (non-hydrogen) atoms. The summed E-state index contributed by atoms with van der Waals surface area (Å²) in [5.41, 5.74) is 1.21. The maximum absolute atomic E-state index is 5.32. The highest BCUT2D eigenvalue weighted by Crippen LogP contribution is 1.93. The van der Waals surface area contributed by atoms with Gasteiger partial charge in [0.25, 0.3) is 0 Å². The average Bonchev–Trinajstić information content (AvgIpc) is 2.61. The van der Waals surface area contributed by atoms with Crippen LogP contribution in [0.25, 0.3) is 0 Å². The number of hydrogen-bond donors (Lipinski definition) is 1. The molecule has 0 aliphatic heterocycles. The summed E-state index contributed by atoms with van der Waals surface area (Å²) in [6, 6.07) is 0.404. The van der Waals surface area contributed by atoms with Gasteiger partial charge in [-0.3, -0.25) is 4.68 Å². The van der Waals surface area contributed by atoms with E-state index < -0.39 is 0 Å². The fourth-order valence-electron chi connectivity index (χ4n) is 1.37. The Morgan fingerprint density at radius 3 is 3.00 bits per heavy atom. The van der Waals surface area contributed by atoms with Crippen LogP contribution < -0.4 is 5.32 Å². The Morgan fingerprint density at radius 1 is 1.60 bits per heavy atom. The summed E-state index contributed by atoms with van der Waals surface area (Å²) in [6.07, 6.45) is 3.93. The molecule has 86 valence electrons. The van der Waals surface area contributed by atoms with Crippen LogP contribution in [-0.2, 0) is 11.3 Å². The zero-order chi connectivity index (χ0) is 11.1. The molecule has 0 spiro atoms. The van der Waals surface area contributed by atoms with Crippen molar-refractivity contribution in [3.63, 3.8) is 0 Å². The van der Waals surface area contributed by atoms with Gasteiger partial charge in [0, 0.05) is 25.4 Å². The summed E-state index contributed by atoms with van der Waals surface area (Å²) in [5, 5.41) is 7.61. The fourth-order valence-corrected chi connectivity index (χ4v) is 1.37. The van der Waals surface area contributed by atoms with Gasteiger partial charge in [-0.1, -0.05) is 0 Å². The van der Waals surface area contributed by atoms with Gasteiger partial charge in [-0.25, -0.2) is 0 Å². The Labute approximate surface area is 91.6 Å². The summed E-state index contributed by atoms with van der Waals surface area (Å²) in [5.74, 6) is 0. The minimum absolute atomic E-state index is 0.404. The number of rotatable bonds is 7. The van der Waals surface area contributed by atoms with Gasteiger partial charge in [0.2, 0.25) is 0 Å². The van der Waals surface area contributed by atoms with E-state index in [1.54, 1.807) is 0 Å². The lowest BCUT2D eigenvalue weighted by molar-refractivity contribution is 0.127. The molecule has 1 heterocycles. The number of aromatic nitrogens is 2. The number of hydrogen-bond acceptors (Lipinski definition) is 3. The summed E-state index contributed by atoms with van der Waals surface area (Å²) in [7, 11) is 0. The van der Waals surface area contributed by atoms with E-state index >= 15 is 0 Å². The standard InChI is InChI=1S/C11H21N3O/c1-4-15-9-11(3)12-5-6-14-8-10(2)7-13-14/h7-8,11-12H,4-6,9H2,1-3H3. The van der Waals surface area contributed by atoms with Crippen molar-refractivity contribution >= 4 is 0 Å². The molecule has 1 rings (SSSR count). The zero-order valence-electron chi connectivity index (χ0n) is 9.86. The molecule has 0 aliphatic carbocycles. The second kappa shape index (κ2) is 6.58. The molecule has 0 amide bonds. The van der Waals surface area contributed by atoms with Crippen molar-refractivity contribution in [3.05, 3.63) is 18.0 Å². The summed E-state index contributed by atoms with van der Waals surface area (Å²) >= 11 is 0. The SMILES string of the molecule is CCOCC(C)NCCn1cc(C)cn1. The third-order valence-corrected chi connectivity index (χ3v) is 2.17. The van der Waals surface area contributed by atoms with Crippen molar-refractivity contribution in [2.45, 2.75) is 33.4 Å². The Hall–Kier alpha value is -0.870. The van der Waals surface area contributed by atoms with Crippen molar-refractivity contribution in [1.29, 1.82) is 0 Å². The first kappa shape index (κ1) is 12.2. The molecule has 4 heteroatoms. The van der Waals surface area contributed by atoms with Crippen LogP contribution in [0.3, 0.4) is 0 Å². The highest BCUT2D eigenvalue weighted by atomic mass is 16.5. The molecule has 1 unspecified atom stereocenters. The lowest BCUT2D eigenvalue weighted by atomic mass is 10.3. The summed E-state index contributed by atoms with van der Waals surface area (Å²) in [4.78, 5) is 0. The van der Waals surface area contributed by atoms with E-state index in [4.69, 9.17) is 4.74 Å². The fraction of sp³-hybridized carbons (Fsp3) is 0.727. The molecule has 1 atom stereocenters. The van der Waals surface area contributed by atoms with Crippen LogP contribution in [0.15, 0.2) is 12.4 Å². The monoisotopic (exact) mass is 211 g/mol. The third kappa shape index (κ3) is 4.95. The molecule has 0 fully saturated rings. The van der Waals surface area contributed by atoms with Crippen LogP contribution >= 0.6 is 0 Å². The maximum atomic E-state index is 5.32. The predicted octanol–water partition coefficient (Wildman–Crippen LogP) is 1.21. The highest BCUT2D eigenvalue weighted by molar-refractivity contribution is 4.99. The van der Waals surface area contributed by atoms with Gasteiger partial charge < -0.3 is 10.1 Å². The second-order valence-electron chi connectivity index (χ2n) is 3.80. The molecular weight excluding hydrogens is 190 g/mol. The molecule has 1 N–H and O–H groups in total. The second-order valence-corrected chi connectivity index (χ2v) is 3.80. The topological polar surface area (TPSA) is 39.1 Å². The smallest absolute Gasteiger partial charge is 0.0616 e. The van der Waals surface area contributed by atoms with E-state index in [1.165, 1.54) is 5.56 Å². The average molecular weight is 211 g/mol. The highest BCUT2D eigenvalue weighted by Gasteiger charge is 2.00. The first-order valence-electron chi connectivity index (χ1n) is 5.52. The van der Waals surface area contributed by atoms with Crippen molar-refractivity contribution in [2.75, 3.05) is 19.8 Å². The third-order valence-electron chi connectivity index (χ3n) is 2.17. The normalized spacial score (nSPS) is 13.0. The zero-order valence-corrected chi connectivity index (χ0v) is 9.86. The molecule has 1 aromatic heterocycles. The molecule has 1 aromatic rings. The molecule has 0 aromatic carbocycles. The van der Waals surface area contributed by atoms with E-state index in [0.717, 1.165) is 26.3 Å². The van der Waals surface area contributed by atoms with E-state index in [9.17, 15) is 0 Å². The van der Waals surface area contributed by atoms with Gasteiger partial charge in [-0.15, -0.1) is 0 Å². The minimum Gasteiger partial charge on any atom is -0.380 e. The van der Waals surface area contributed by atoms with Gasteiger partial charge in [0.1, 0.15) is 0 Å². The van der Waals surface area contributed by atoms with Gasteiger partial charge in [-0.2, -0.15) is 5.10 Å². The molecule has 0 aliphatic rings. The molecule has 0 bridgehead atoms. The molecule has 0 radical (unpaired) electrons. The van der Waals surface area contributed by atoms with E-state index in [1.807, 2.05) is 17.8 Å². The maximum Gasteiger partial charge on any atom is 0.0616 e. The number of ether oxygens (including phenoxy) is 1. The van der Waals surface area contributed by atoms with Crippen molar-refractivity contribution in [1.82, 2.24) is 15.1 Å². The van der Waals surface area contributed by atoms with Crippen LogP contribution in [-0.4, -0.2) is 35.6 Å². The summed E-state index contributed by atoms with van der Waals surface area (Å²) in [6.45, 7) is 9.58. The first-order valence-corrected chi connectivity index (χ1v) is 5.52. The van der Waals surface area contributed by atoms with Gasteiger partial charge >= 0.3 is 0 Å². The number of aryl methyl sites for hydroxylation is 1. The lowest BCUT2D eigenvalue weighted by Gasteiger charge is -2.13. The quantitative estimate of drug-likeness (QED) is 0.736. The lowest BCUT2D eigenvalue weighted by Crippen LogP contribution is -2.33. The van der Waals surface area contributed by atoms with Crippen molar-refractivity contribution < 1.29 is 4.74 Å². The van der Waals surface area contributed by atoms with Gasteiger partial charge in [0.15, 0.2) is 0 Å². The largest absolute Gasteiger partial charge is 0.380 e. The summed E-state index contributed by atoms with van der Waals surface area (Å²) < 4.78 is 7.27. The molecule has 4 nitrogen and oxygen atoms in total. The molecule has 0 saturated carbocycles. The van der Waals surface area contributed by atoms with Crippen LogP contribution in [0.4, 0.5) is 0 Å². The predicted molar refractivity (Wildman–Crippen MR) is 60.9 cm³/mol.